The van der Waals surface area contributed by atoms with Crippen molar-refractivity contribution in [1.29, 1.82) is 0 Å². The molecule has 82 valence electrons. The topological polar surface area (TPSA) is 20.2 Å². The predicted octanol–water partition coefficient (Wildman–Crippen LogP) is 2.93. The molecular weight excluding hydrogens is 205 g/mol. The lowest BCUT2D eigenvalue weighted by molar-refractivity contribution is -0.0964. The summed E-state index contributed by atoms with van der Waals surface area (Å²) in [5, 5.41) is 8.60. The molecule has 0 aliphatic rings. The highest BCUT2D eigenvalue weighted by atomic mass is 19.4. The van der Waals surface area contributed by atoms with Gasteiger partial charge in [-0.25, -0.2) is 0 Å². The van der Waals surface area contributed by atoms with Crippen LogP contribution in [0.5, 0.6) is 0 Å². The normalized spacial score (nSPS) is 13.0. The molecule has 0 spiro atoms. The van der Waals surface area contributed by atoms with E-state index in [0.29, 0.717) is 5.56 Å². The maximum Gasteiger partial charge on any atom is 0.414 e. The smallest absolute Gasteiger partial charge is 0.392 e. The van der Waals surface area contributed by atoms with Crippen LogP contribution in [0.1, 0.15) is 11.1 Å². The van der Waals surface area contributed by atoms with Gasteiger partial charge in [0.05, 0.1) is 12.2 Å². The van der Waals surface area contributed by atoms with Crippen molar-refractivity contribution in [2.45, 2.75) is 13.1 Å². The summed E-state index contributed by atoms with van der Waals surface area (Å²) in [5.41, 5.74) is 0.382. The lowest BCUT2D eigenvalue weighted by atomic mass is 10.1. The van der Waals surface area contributed by atoms with Crippen molar-refractivity contribution in [3.05, 3.63) is 41.0 Å². The Labute approximate surface area is 85.9 Å². The Morgan fingerprint density at radius 2 is 2.07 bits per heavy atom. The summed E-state index contributed by atoms with van der Waals surface area (Å²) in [5.74, 6) is 0. The van der Waals surface area contributed by atoms with E-state index in [1.54, 1.807) is 31.2 Å². The Hall–Kier alpha value is -1.29. The summed E-state index contributed by atoms with van der Waals surface area (Å²) in [6, 6.07) is 6.66. The molecule has 0 bridgehead atoms. The molecule has 0 saturated carbocycles. The molecule has 1 nitrogen and oxygen atoms in total. The Morgan fingerprint density at radius 1 is 1.40 bits per heavy atom. The molecule has 0 fully saturated rings. The number of hydrogen-bond acceptors (Lipinski definition) is 1. The zero-order valence-electron chi connectivity index (χ0n) is 8.17. The van der Waals surface area contributed by atoms with Crippen LogP contribution < -0.4 is 0 Å². The van der Waals surface area contributed by atoms with Crippen LogP contribution in [0.15, 0.2) is 29.8 Å². The first-order valence-electron chi connectivity index (χ1n) is 4.39. The molecule has 0 atom stereocenters. The van der Waals surface area contributed by atoms with E-state index in [0.717, 1.165) is 11.6 Å². The standard InChI is InChI=1S/C11H11F3O/c1-8-3-2-4-9(5-8)6-10(7-15)11(12,13)14/h2-6,15H,7H2,1H3/b10-6+. The highest BCUT2D eigenvalue weighted by Gasteiger charge is 2.32. The highest BCUT2D eigenvalue weighted by Crippen LogP contribution is 2.26. The quantitative estimate of drug-likeness (QED) is 0.805. The van der Waals surface area contributed by atoms with Crippen LogP contribution in [0.25, 0.3) is 6.08 Å². The molecule has 0 heterocycles. The first-order chi connectivity index (χ1) is 6.93. The fourth-order valence-electron chi connectivity index (χ4n) is 1.18. The van der Waals surface area contributed by atoms with E-state index in [9.17, 15) is 13.2 Å². The Bertz CT molecular complexity index is 366. The van der Waals surface area contributed by atoms with Gasteiger partial charge >= 0.3 is 6.18 Å². The van der Waals surface area contributed by atoms with E-state index in [4.69, 9.17) is 5.11 Å². The van der Waals surface area contributed by atoms with Gasteiger partial charge in [0.15, 0.2) is 0 Å². The van der Waals surface area contributed by atoms with E-state index >= 15 is 0 Å². The molecule has 0 amide bonds. The minimum absolute atomic E-state index is 0.441. The molecule has 1 aromatic rings. The fourth-order valence-corrected chi connectivity index (χ4v) is 1.18. The van der Waals surface area contributed by atoms with Gasteiger partial charge in [-0.15, -0.1) is 0 Å². The third kappa shape index (κ3) is 3.40. The zero-order chi connectivity index (χ0) is 11.5. The number of alkyl halides is 3. The van der Waals surface area contributed by atoms with Crippen molar-refractivity contribution >= 4 is 6.08 Å². The summed E-state index contributed by atoms with van der Waals surface area (Å²) in [6.45, 7) is 0.793. The van der Waals surface area contributed by atoms with Gasteiger partial charge < -0.3 is 5.11 Å². The van der Waals surface area contributed by atoms with Gasteiger partial charge in [0.2, 0.25) is 0 Å². The predicted molar refractivity (Wildman–Crippen MR) is 52.3 cm³/mol. The maximum atomic E-state index is 12.3. The number of halogens is 3. The van der Waals surface area contributed by atoms with Crippen LogP contribution >= 0.6 is 0 Å². The first kappa shape index (κ1) is 11.8. The first-order valence-corrected chi connectivity index (χ1v) is 4.39. The molecule has 1 N–H and O–H groups in total. The van der Waals surface area contributed by atoms with Gasteiger partial charge in [-0.05, 0) is 18.6 Å². The molecule has 0 aromatic heterocycles. The molecule has 0 aliphatic carbocycles. The van der Waals surface area contributed by atoms with Gasteiger partial charge in [0.1, 0.15) is 0 Å². The van der Waals surface area contributed by atoms with Crippen molar-refractivity contribution in [2.24, 2.45) is 0 Å². The molecule has 1 rings (SSSR count). The van der Waals surface area contributed by atoms with Crippen molar-refractivity contribution in [1.82, 2.24) is 0 Å². The molecule has 0 aliphatic heterocycles. The van der Waals surface area contributed by atoms with Crippen LogP contribution in [0, 0.1) is 6.92 Å². The largest absolute Gasteiger partial charge is 0.414 e. The number of benzene rings is 1. The van der Waals surface area contributed by atoms with E-state index in [1.165, 1.54) is 0 Å². The van der Waals surface area contributed by atoms with Gasteiger partial charge in [-0.2, -0.15) is 13.2 Å². The number of aliphatic hydroxyl groups is 1. The average molecular weight is 216 g/mol. The van der Waals surface area contributed by atoms with Crippen LogP contribution in [-0.4, -0.2) is 17.9 Å². The molecule has 0 saturated heterocycles. The van der Waals surface area contributed by atoms with Crippen LogP contribution in [0.2, 0.25) is 0 Å². The van der Waals surface area contributed by atoms with Crippen molar-refractivity contribution in [3.8, 4) is 0 Å². The van der Waals surface area contributed by atoms with Crippen LogP contribution in [-0.2, 0) is 0 Å². The SMILES string of the molecule is Cc1cccc(/C=C(\CO)C(F)(F)F)c1. The lowest BCUT2D eigenvalue weighted by Crippen LogP contribution is -2.14. The van der Waals surface area contributed by atoms with Crippen molar-refractivity contribution in [3.63, 3.8) is 0 Å². The van der Waals surface area contributed by atoms with Crippen LogP contribution in [0.4, 0.5) is 13.2 Å². The Morgan fingerprint density at radius 3 is 2.53 bits per heavy atom. The number of hydrogen-bond donors (Lipinski definition) is 1. The number of aryl methyl sites for hydroxylation is 1. The van der Waals surface area contributed by atoms with Gasteiger partial charge in [0.25, 0.3) is 0 Å². The van der Waals surface area contributed by atoms with E-state index in [2.05, 4.69) is 0 Å². The fraction of sp³-hybridized carbons (Fsp3) is 0.273. The summed E-state index contributed by atoms with van der Waals surface area (Å²) in [4.78, 5) is 0. The average Bonchev–Trinajstić information content (AvgIpc) is 2.12. The maximum absolute atomic E-state index is 12.3. The van der Waals surface area contributed by atoms with Gasteiger partial charge in [-0.1, -0.05) is 29.8 Å². The van der Waals surface area contributed by atoms with Gasteiger partial charge in [-0.3, -0.25) is 0 Å². The lowest BCUT2D eigenvalue weighted by Gasteiger charge is -2.08. The molecule has 1 aromatic carbocycles. The zero-order valence-corrected chi connectivity index (χ0v) is 8.17. The Balaban J connectivity index is 3.04. The third-order valence-corrected chi connectivity index (χ3v) is 1.92. The summed E-state index contributed by atoms with van der Waals surface area (Å²) < 4.78 is 36.8. The number of rotatable bonds is 2. The molecular formula is C11H11F3O. The van der Waals surface area contributed by atoms with Crippen LogP contribution in [0.3, 0.4) is 0 Å². The van der Waals surface area contributed by atoms with Gasteiger partial charge in [0, 0.05) is 0 Å². The second kappa shape index (κ2) is 4.49. The minimum atomic E-state index is -4.47. The summed E-state index contributed by atoms with van der Waals surface area (Å²) in [7, 11) is 0. The molecule has 0 unspecified atom stereocenters. The number of aliphatic hydroxyl groups excluding tert-OH is 1. The molecule has 4 heteroatoms. The second-order valence-electron chi connectivity index (χ2n) is 3.24. The summed E-state index contributed by atoms with van der Waals surface area (Å²) >= 11 is 0. The van der Waals surface area contributed by atoms with E-state index in [-0.39, 0.29) is 0 Å². The molecule has 15 heavy (non-hydrogen) atoms. The highest BCUT2D eigenvalue weighted by molar-refractivity contribution is 5.55. The van der Waals surface area contributed by atoms with E-state index in [1.807, 2.05) is 0 Å². The molecule has 0 radical (unpaired) electrons. The van der Waals surface area contributed by atoms with Crippen molar-refractivity contribution in [2.75, 3.05) is 6.61 Å². The Kier molecular flexibility index (Phi) is 3.52. The minimum Gasteiger partial charge on any atom is -0.392 e. The summed E-state index contributed by atoms with van der Waals surface area (Å²) in [6.07, 6.45) is -3.52. The third-order valence-electron chi connectivity index (χ3n) is 1.92. The van der Waals surface area contributed by atoms with E-state index < -0.39 is 18.4 Å². The monoisotopic (exact) mass is 216 g/mol. The van der Waals surface area contributed by atoms with Crippen molar-refractivity contribution < 1.29 is 18.3 Å². The second-order valence-corrected chi connectivity index (χ2v) is 3.24.